The Morgan fingerprint density at radius 2 is 2.29 bits per heavy atom. The fourth-order valence-corrected chi connectivity index (χ4v) is 2.08. The second-order valence-electron chi connectivity index (χ2n) is 4.38. The Bertz CT molecular complexity index is 381. The predicted octanol–water partition coefficient (Wildman–Crippen LogP) is 0.989. The molecule has 2 N–H and O–H groups in total. The largest absolute Gasteiger partial charge is 0.463 e. The predicted molar refractivity (Wildman–Crippen MR) is 62.5 cm³/mol. The number of piperidine rings is 1. The highest BCUT2D eigenvalue weighted by molar-refractivity contribution is 5.87. The number of likely N-dealkylation sites (tertiary alicyclic amines) is 1. The van der Waals surface area contributed by atoms with E-state index in [2.05, 4.69) is 9.64 Å². The summed E-state index contributed by atoms with van der Waals surface area (Å²) in [6.45, 7) is 2.65. The number of esters is 1. The van der Waals surface area contributed by atoms with Crippen LogP contribution < -0.4 is 5.73 Å². The molecule has 0 spiro atoms. The zero-order valence-corrected chi connectivity index (χ0v) is 10.0. The monoisotopic (exact) mass is 238 g/mol. The van der Waals surface area contributed by atoms with Gasteiger partial charge in [-0.05, 0) is 32.0 Å². The molecule has 2 heterocycles. The van der Waals surface area contributed by atoms with Crippen molar-refractivity contribution in [2.24, 2.45) is 5.73 Å². The Balaban J connectivity index is 1.99. The molecule has 0 radical (unpaired) electrons. The molecular weight excluding hydrogens is 220 g/mol. The van der Waals surface area contributed by atoms with Crippen molar-refractivity contribution in [2.75, 3.05) is 20.2 Å². The molecule has 0 atom stereocenters. The Morgan fingerprint density at radius 3 is 2.94 bits per heavy atom. The third-order valence-electron chi connectivity index (χ3n) is 3.14. The molecule has 0 aliphatic carbocycles. The number of hydrogen-bond acceptors (Lipinski definition) is 5. The lowest BCUT2D eigenvalue weighted by atomic mass is 10.1. The van der Waals surface area contributed by atoms with Crippen LogP contribution in [0, 0.1) is 0 Å². The number of ether oxygens (including phenoxy) is 1. The summed E-state index contributed by atoms with van der Waals surface area (Å²) in [6.07, 6.45) is 3.54. The molecule has 5 heteroatoms. The molecule has 0 aromatic carbocycles. The zero-order chi connectivity index (χ0) is 12.3. The van der Waals surface area contributed by atoms with Crippen LogP contribution in [0.15, 0.2) is 16.7 Å². The van der Waals surface area contributed by atoms with E-state index in [-0.39, 0.29) is 0 Å². The van der Waals surface area contributed by atoms with Gasteiger partial charge in [0.05, 0.1) is 13.4 Å². The van der Waals surface area contributed by atoms with Gasteiger partial charge in [-0.25, -0.2) is 4.79 Å². The molecule has 1 aromatic heterocycles. The van der Waals surface area contributed by atoms with Gasteiger partial charge in [0.1, 0.15) is 0 Å². The van der Waals surface area contributed by atoms with Gasteiger partial charge in [0, 0.05) is 18.2 Å². The van der Waals surface area contributed by atoms with Crippen LogP contribution in [-0.4, -0.2) is 37.1 Å². The van der Waals surface area contributed by atoms with Crippen molar-refractivity contribution in [3.63, 3.8) is 0 Å². The van der Waals surface area contributed by atoms with E-state index in [1.54, 1.807) is 0 Å². The molecule has 5 nitrogen and oxygen atoms in total. The van der Waals surface area contributed by atoms with Crippen molar-refractivity contribution < 1.29 is 13.9 Å². The maximum absolute atomic E-state index is 11.4. The average Bonchev–Trinajstić information content (AvgIpc) is 2.79. The van der Waals surface area contributed by atoms with Crippen molar-refractivity contribution in [3.05, 3.63) is 23.7 Å². The average molecular weight is 238 g/mol. The first kappa shape index (κ1) is 12.1. The smallest absolute Gasteiger partial charge is 0.374 e. The first-order valence-electron chi connectivity index (χ1n) is 5.83. The highest BCUT2D eigenvalue weighted by atomic mass is 16.5. The van der Waals surface area contributed by atoms with Gasteiger partial charge < -0.3 is 14.9 Å². The lowest BCUT2D eigenvalue weighted by Crippen LogP contribution is -2.39. The number of carbonyl (C=O) groups excluding carboxylic acids is 1. The highest BCUT2D eigenvalue weighted by Crippen LogP contribution is 2.17. The quantitative estimate of drug-likeness (QED) is 0.795. The Labute approximate surface area is 101 Å². The van der Waals surface area contributed by atoms with Crippen LogP contribution in [0.3, 0.4) is 0 Å². The summed E-state index contributed by atoms with van der Waals surface area (Å²) >= 11 is 0. The lowest BCUT2D eigenvalue weighted by Gasteiger charge is -2.29. The van der Waals surface area contributed by atoms with Crippen LogP contribution in [0.1, 0.15) is 29.0 Å². The maximum atomic E-state index is 11.4. The van der Waals surface area contributed by atoms with E-state index >= 15 is 0 Å². The molecule has 0 saturated carbocycles. The number of methoxy groups -OCH3 is 1. The molecule has 1 fully saturated rings. The summed E-state index contributed by atoms with van der Waals surface area (Å²) in [5.41, 5.74) is 6.73. The van der Waals surface area contributed by atoms with Crippen molar-refractivity contribution in [3.8, 4) is 0 Å². The summed E-state index contributed by atoms with van der Waals surface area (Å²) in [7, 11) is 1.36. The van der Waals surface area contributed by atoms with Gasteiger partial charge in [-0.2, -0.15) is 0 Å². The second kappa shape index (κ2) is 5.33. The summed E-state index contributed by atoms with van der Waals surface area (Å²) in [4.78, 5) is 13.7. The van der Waals surface area contributed by atoms with Crippen LogP contribution in [0.25, 0.3) is 0 Å². The Morgan fingerprint density at radius 1 is 1.59 bits per heavy atom. The minimum atomic E-state index is -0.418. The SMILES string of the molecule is COC(=O)c1occc1CN1CCC(N)CC1. The molecule has 1 saturated heterocycles. The molecule has 1 aliphatic rings. The van der Waals surface area contributed by atoms with Crippen LogP contribution >= 0.6 is 0 Å². The van der Waals surface area contributed by atoms with Crippen molar-refractivity contribution in [2.45, 2.75) is 25.4 Å². The van der Waals surface area contributed by atoms with Crippen LogP contribution in [-0.2, 0) is 11.3 Å². The second-order valence-corrected chi connectivity index (χ2v) is 4.38. The summed E-state index contributed by atoms with van der Waals surface area (Å²) in [5, 5.41) is 0. The normalized spacial score (nSPS) is 18.2. The topological polar surface area (TPSA) is 68.7 Å². The fraction of sp³-hybridized carbons (Fsp3) is 0.583. The van der Waals surface area contributed by atoms with Crippen molar-refractivity contribution in [1.29, 1.82) is 0 Å². The van der Waals surface area contributed by atoms with E-state index in [1.165, 1.54) is 13.4 Å². The minimum absolute atomic E-state index is 0.308. The van der Waals surface area contributed by atoms with Gasteiger partial charge in [-0.15, -0.1) is 0 Å². The molecule has 0 unspecified atom stereocenters. The number of hydrogen-bond donors (Lipinski definition) is 1. The Hall–Kier alpha value is -1.33. The first-order valence-corrected chi connectivity index (χ1v) is 5.83. The van der Waals surface area contributed by atoms with Crippen LogP contribution in [0.2, 0.25) is 0 Å². The Kier molecular flexibility index (Phi) is 3.81. The first-order chi connectivity index (χ1) is 8.20. The molecule has 0 bridgehead atoms. The number of nitrogens with two attached hydrogens (primary N) is 1. The zero-order valence-electron chi connectivity index (χ0n) is 10.0. The van der Waals surface area contributed by atoms with Crippen molar-refractivity contribution in [1.82, 2.24) is 4.90 Å². The summed E-state index contributed by atoms with van der Waals surface area (Å²) in [5.74, 6) is -0.110. The summed E-state index contributed by atoms with van der Waals surface area (Å²) in [6, 6.07) is 2.14. The van der Waals surface area contributed by atoms with Gasteiger partial charge in [0.2, 0.25) is 5.76 Å². The van der Waals surface area contributed by atoms with E-state index in [1.807, 2.05) is 6.07 Å². The van der Waals surface area contributed by atoms with E-state index < -0.39 is 5.97 Å². The third kappa shape index (κ3) is 2.87. The third-order valence-corrected chi connectivity index (χ3v) is 3.14. The van der Waals surface area contributed by atoms with E-state index in [0.717, 1.165) is 31.5 Å². The van der Waals surface area contributed by atoms with Crippen LogP contribution in [0.5, 0.6) is 0 Å². The number of rotatable bonds is 3. The molecule has 1 aliphatic heterocycles. The maximum Gasteiger partial charge on any atom is 0.374 e. The molecular formula is C12H18N2O3. The molecule has 1 aromatic rings. The number of nitrogens with zero attached hydrogens (tertiary/aromatic N) is 1. The minimum Gasteiger partial charge on any atom is -0.463 e. The number of furan rings is 1. The van der Waals surface area contributed by atoms with E-state index in [9.17, 15) is 4.79 Å². The molecule has 2 rings (SSSR count). The fourth-order valence-electron chi connectivity index (χ4n) is 2.08. The van der Waals surface area contributed by atoms with E-state index in [4.69, 9.17) is 10.2 Å². The molecule has 94 valence electrons. The summed E-state index contributed by atoms with van der Waals surface area (Å²) < 4.78 is 9.82. The lowest BCUT2D eigenvalue weighted by molar-refractivity contribution is 0.0561. The number of carbonyl (C=O) groups is 1. The van der Waals surface area contributed by atoms with Gasteiger partial charge in [0.25, 0.3) is 0 Å². The highest BCUT2D eigenvalue weighted by Gasteiger charge is 2.21. The molecule has 17 heavy (non-hydrogen) atoms. The van der Waals surface area contributed by atoms with Crippen molar-refractivity contribution >= 4 is 5.97 Å². The van der Waals surface area contributed by atoms with Gasteiger partial charge in [0.15, 0.2) is 0 Å². The van der Waals surface area contributed by atoms with Gasteiger partial charge in [-0.3, -0.25) is 4.90 Å². The van der Waals surface area contributed by atoms with Gasteiger partial charge in [-0.1, -0.05) is 0 Å². The van der Waals surface area contributed by atoms with E-state index in [0.29, 0.717) is 18.3 Å². The van der Waals surface area contributed by atoms with Gasteiger partial charge >= 0.3 is 5.97 Å². The standard InChI is InChI=1S/C12H18N2O3/c1-16-12(15)11-9(4-7-17-11)8-14-5-2-10(13)3-6-14/h4,7,10H,2-3,5-6,8,13H2,1H3. The van der Waals surface area contributed by atoms with Crippen LogP contribution in [0.4, 0.5) is 0 Å². The molecule has 0 amide bonds.